The number of halogens is 1. The van der Waals surface area contributed by atoms with Gasteiger partial charge in [-0.2, -0.15) is 0 Å². The lowest BCUT2D eigenvalue weighted by atomic mass is 10.1. The molecule has 1 atom stereocenters. The van der Waals surface area contributed by atoms with E-state index >= 15 is 0 Å². The van der Waals surface area contributed by atoms with E-state index in [1.54, 1.807) is 0 Å². The fourth-order valence-electron chi connectivity index (χ4n) is 2.21. The summed E-state index contributed by atoms with van der Waals surface area (Å²) >= 11 is 6.03. The Morgan fingerprint density at radius 2 is 2.10 bits per heavy atom. The van der Waals surface area contributed by atoms with Gasteiger partial charge in [-0.15, -0.1) is 0 Å². The molecule has 0 aliphatic rings. The number of hydrogen-bond donors (Lipinski definition) is 1. The number of pyridine rings is 1. The molecule has 0 aliphatic carbocycles. The van der Waals surface area contributed by atoms with Crippen LogP contribution in [0.15, 0.2) is 42.6 Å². The van der Waals surface area contributed by atoms with Crippen molar-refractivity contribution < 1.29 is 0 Å². The van der Waals surface area contributed by atoms with Gasteiger partial charge in [0, 0.05) is 36.4 Å². The standard InChI is InChI=1S/C16H20ClN3/c1-12(18-2)15-8-5-9-19-16(15)20(3)11-13-6-4-7-14(17)10-13/h4-10,12,18H,11H2,1-3H3. The van der Waals surface area contributed by atoms with Crippen molar-refractivity contribution in [3.63, 3.8) is 0 Å². The molecule has 1 aromatic heterocycles. The summed E-state index contributed by atoms with van der Waals surface area (Å²) in [6.45, 7) is 2.91. The first-order valence-electron chi connectivity index (χ1n) is 6.69. The van der Waals surface area contributed by atoms with Crippen molar-refractivity contribution in [2.45, 2.75) is 19.5 Å². The van der Waals surface area contributed by atoms with Gasteiger partial charge in [0.1, 0.15) is 5.82 Å². The summed E-state index contributed by atoms with van der Waals surface area (Å²) in [4.78, 5) is 6.67. The topological polar surface area (TPSA) is 28.2 Å². The summed E-state index contributed by atoms with van der Waals surface area (Å²) in [5, 5.41) is 4.03. The Labute approximate surface area is 125 Å². The van der Waals surface area contributed by atoms with E-state index in [1.807, 2.05) is 37.5 Å². The molecular formula is C16H20ClN3. The van der Waals surface area contributed by atoms with Crippen LogP contribution in [0.5, 0.6) is 0 Å². The molecule has 0 saturated heterocycles. The highest BCUT2D eigenvalue weighted by molar-refractivity contribution is 6.30. The summed E-state index contributed by atoms with van der Waals surface area (Å²) in [6, 6.07) is 12.3. The van der Waals surface area contributed by atoms with E-state index in [2.05, 4.69) is 41.3 Å². The molecule has 0 spiro atoms. The number of aromatic nitrogens is 1. The minimum atomic E-state index is 0.264. The van der Waals surface area contributed by atoms with Crippen molar-refractivity contribution in [1.82, 2.24) is 10.3 Å². The first kappa shape index (κ1) is 14.8. The number of anilines is 1. The van der Waals surface area contributed by atoms with Gasteiger partial charge in [-0.25, -0.2) is 4.98 Å². The van der Waals surface area contributed by atoms with Crippen LogP contribution in [-0.2, 0) is 6.54 Å². The second kappa shape index (κ2) is 6.73. The number of rotatable bonds is 5. The summed E-state index contributed by atoms with van der Waals surface area (Å²) in [6.07, 6.45) is 1.83. The van der Waals surface area contributed by atoms with E-state index in [0.29, 0.717) is 0 Å². The van der Waals surface area contributed by atoms with Crippen LogP contribution >= 0.6 is 11.6 Å². The number of hydrogen-bond acceptors (Lipinski definition) is 3. The molecule has 1 unspecified atom stereocenters. The Kier molecular flexibility index (Phi) is 4.99. The summed E-state index contributed by atoms with van der Waals surface area (Å²) in [5.74, 6) is 0.995. The minimum absolute atomic E-state index is 0.264. The fourth-order valence-corrected chi connectivity index (χ4v) is 2.42. The monoisotopic (exact) mass is 289 g/mol. The lowest BCUT2D eigenvalue weighted by Gasteiger charge is -2.23. The van der Waals surface area contributed by atoms with E-state index in [9.17, 15) is 0 Å². The summed E-state index contributed by atoms with van der Waals surface area (Å²) in [7, 11) is 4.01. The largest absolute Gasteiger partial charge is 0.355 e. The fraction of sp³-hybridized carbons (Fsp3) is 0.312. The SMILES string of the molecule is CNC(C)c1cccnc1N(C)Cc1cccc(Cl)c1. The van der Waals surface area contributed by atoms with Crippen molar-refractivity contribution in [1.29, 1.82) is 0 Å². The number of nitrogens with zero attached hydrogens (tertiary/aromatic N) is 2. The molecule has 0 saturated carbocycles. The molecule has 2 aromatic rings. The van der Waals surface area contributed by atoms with Gasteiger partial charge in [0.05, 0.1) is 0 Å². The van der Waals surface area contributed by atoms with E-state index in [1.165, 1.54) is 11.1 Å². The molecule has 0 fully saturated rings. The maximum absolute atomic E-state index is 6.03. The second-order valence-corrected chi connectivity index (χ2v) is 5.35. The molecule has 1 N–H and O–H groups in total. The molecule has 0 radical (unpaired) electrons. The average Bonchev–Trinajstić information content (AvgIpc) is 2.46. The molecule has 0 bridgehead atoms. The highest BCUT2D eigenvalue weighted by Crippen LogP contribution is 2.24. The third-order valence-electron chi connectivity index (χ3n) is 3.39. The highest BCUT2D eigenvalue weighted by atomic mass is 35.5. The van der Waals surface area contributed by atoms with Crippen LogP contribution in [0, 0.1) is 0 Å². The van der Waals surface area contributed by atoms with Gasteiger partial charge in [-0.3, -0.25) is 0 Å². The predicted octanol–water partition coefficient (Wildman–Crippen LogP) is 3.65. The zero-order chi connectivity index (χ0) is 14.5. The Morgan fingerprint density at radius 3 is 2.80 bits per heavy atom. The van der Waals surface area contributed by atoms with Gasteiger partial charge in [-0.05, 0) is 37.7 Å². The van der Waals surface area contributed by atoms with Crippen LogP contribution in [0.2, 0.25) is 5.02 Å². The van der Waals surface area contributed by atoms with E-state index in [0.717, 1.165) is 17.4 Å². The zero-order valence-corrected chi connectivity index (χ0v) is 12.9. The molecule has 3 nitrogen and oxygen atoms in total. The third kappa shape index (κ3) is 3.50. The quantitative estimate of drug-likeness (QED) is 0.911. The lowest BCUT2D eigenvalue weighted by molar-refractivity contribution is 0.646. The zero-order valence-electron chi connectivity index (χ0n) is 12.1. The maximum atomic E-state index is 6.03. The van der Waals surface area contributed by atoms with Gasteiger partial charge in [0.15, 0.2) is 0 Å². The predicted molar refractivity (Wildman–Crippen MR) is 85.3 cm³/mol. The first-order valence-corrected chi connectivity index (χ1v) is 7.07. The Hall–Kier alpha value is -1.58. The molecule has 20 heavy (non-hydrogen) atoms. The van der Waals surface area contributed by atoms with Crippen molar-refractivity contribution in [2.75, 3.05) is 19.0 Å². The van der Waals surface area contributed by atoms with E-state index in [4.69, 9.17) is 11.6 Å². The van der Waals surface area contributed by atoms with Crippen LogP contribution in [-0.4, -0.2) is 19.1 Å². The van der Waals surface area contributed by atoms with Crippen LogP contribution in [0.4, 0.5) is 5.82 Å². The minimum Gasteiger partial charge on any atom is -0.355 e. The lowest BCUT2D eigenvalue weighted by Crippen LogP contribution is -2.22. The van der Waals surface area contributed by atoms with Crippen LogP contribution in [0.3, 0.4) is 0 Å². The van der Waals surface area contributed by atoms with Gasteiger partial charge in [0.2, 0.25) is 0 Å². The molecule has 0 aliphatic heterocycles. The van der Waals surface area contributed by atoms with Gasteiger partial charge in [0.25, 0.3) is 0 Å². The van der Waals surface area contributed by atoms with E-state index in [-0.39, 0.29) is 6.04 Å². The average molecular weight is 290 g/mol. The number of nitrogens with one attached hydrogen (secondary N) is 1. The molecule has 0 amide bonds. The van der Waals surface area contributed by atoms with Gasteiger partial charge in [-0.1, -0.05) is 29.8 Å². The molecule has 2 rings (SSSR count). The van der Waals surface area contributed by atoms with E-state index < -0.39 is 0 Å². The highest BCUT2D eigenvalue weighted by Gasteiger charge is 2.13. The van der Waals surface area contributed by atoms with Crippen molar-refractivity contribution in [2.24, 2.45) is 0 Å². The molecule has 1 aromatic carbocycles. The Morgan fingerprint density at radius 1 is 1.30 bits per heavy atom. The van der Waals surface area contributed by atoms with Crippen LogP contribution in [0.1, 0.15) is 24.1 Å². The molecule has 106 valence electrons. The maximum Gasteiger partial charge on any atom is 0.133 e. The number of benzene rings is 1. The third-order valence-corrected chi connectivity index (χ3v) is 3.62. The van der Waals surface area contributed by atoms with Gasteiger partial charge < -0.3 is 10.2 Å². The van der Waals surface area contributed by atoms with Crippen molar-refractivity contribution in [3.05, 3.63) is 58.7 Å². The van der Waals surface area contributed by atoms with Crippen LogP contribution in [0.25, 0.3) is 0 Å². The van der Waals surface area contributed by atoms with Gasteiger partial charge >= 0.3 is 0 Å². The summed E-state index contributed by atoms with van der Waals surface area (Å²) < 4.78 is 0. The van der Waals surface area contributed by atoms with Crippen molar-refractivity contribution in [3.8, 4) is 0 Å². The molecular weight excluding hydrogens is 270 g/mol. The Bertz CT molecular complexity index is 571. The Balaban J connectivity index is 2.23. The van der Waals surface area contributed by atoms with Crippen molar-refractivity contribution >= 4 is 17.4 Å². The normalized spacial score (nSPS) is 12.2. The first-order chi connectivity index (χ1) is 9.61. The second-order valence-electron chi connectivity index (χ2n) is 4.91. The molecule has 4 heteroatoms. The summed E-state index contributed by atoms with van der Waals surface area (Å²) in [5.41, 5.74) is 2.37. The van der Waals surface area contributed by atoms with Crippen LogP contribution < -0.4 is 10.2 Å². The smallest absolute Gasteiger partial charge is 0.133 e. The molecule has 1 heterocycles.